The fraction of sp³-hybridized carbons (Fsp3) is 0.278. The van der Waals surface area contributed by atoms with E-state index in [0.717, 1.165) is 11.3 Å². The van der Waals surface area contributed by atoms with E-state index in [1.807, 2.05) is 38.1 Å². The fourth-order valence-electron chi connectivity index (χ4n) is 2.07. The van der Waals surface area contributed by atoms with E-state index in [-0.39, 0.29) is 18.6 Å². The third-order valence-corrected chi connectivity index (χ3v) is 3.50. The molecule has 0 saturated heterocycles. The Labute approximate surface area is 141 Å². The first-order valence-electron chi connectivity index (χ1n) is 7.49. The lowest BCUT2D eigenvalue weighted by Crippen LogP contribution is -2.31. The molecule has 0 unspecified atom stereocenters. The molecule has 0 aliphatic carbocycles. The van der Waals surface area contributed by atoms with Gasteiger partial charge < -0.3 is 14.8 Å². The average molecular weight is 334 g/mol. The highest BCUT2D eigenvalue weighted by Crippen LogP contribution is 2.18. The molecule has 2 aromatic rings. The van der Waals surface area contributed by atoms with E-state index in [4.69, 9.17) is 21.1 Å². The molecule has 1 atom stereocenters. The standard InChI is InChI=1S/C18H20ClNO3/c1-3-22-16-8-10-17(11-9-16)23-12-18(21)20-13(2)14-4-6-15(19)7-5-14/h4-11,13H,3,12H2,1-2H3,(H,20,21)/t13-/m0/s1. The van der Waals surface area contributed by atoms with Crippen molar-refractivity contribution in [2.45, 2.75) is 19.9 Å². The Morgan fingerprint density at radius 3 is 2.17 bits per heavy atom. The second kappa shape index (κ2) is 8.44. The Hall–Kier alpha value is -2.20. The Morgan fingerprint density at radius 2 is 1.61 bits per heavy atom. The Kier molecular flexibility index (Phi) is 6.29. The molecule has 5 heteroatoms. The van der Waals surface area contributed by atoms with Gasteiger partial charge in [0.25, 0.3) is 5.91 Å². The number of hydrogen-bond acceptors (Lipinski definition) is 3. The molecule has 0 heterocycles. The molecule has 0 bridgehead atoms. The third kappa shape index (κ3) is 5.49. The van der Waals surface area contributed by atoms with Crippen molar-refractivity contribution in [3.05, 3.63) is 59.1 Å². The minimum atomic E-state index is -0.179. The number of carbonyl (C=O) groups excluding carboxylic acids is 1. The van der Waals surface area contributed by atoms with Gasteiger partial charge in [-0.2, -0.15) is 0 Å². The lowest BCUT2D eigenvalue weighted by Gasteiger charge is -2.15. The molecular weight excluding hydrogens is 314 g/mol. The van der Waals surface area contributed by atoms with Crippen LogP contribution < -0.4 is 14.8 Å². The number of ether oxygens (including phenoxy) is 2. The van der Waals surface area contributed by atoms with E-state index in [1.165, 1.54) is 0 Å². The molecule has 1 amide bonds. The van der Waals surface area contributed by atoms with Gasteiger partial charge in [-0.25, -0.2) is 0 Å². The lowest BCUT2D eigenvalue weighted by atomic mass is 10.1. The van der Waals surface area contributed by atoms with Crippen LogP contribution in [0.15, 0.2) is 48.5 Å². The fourth-order valence-corrected chi connectivity index (χ4v) is 2.19. The average Bonchev–Trinajstić information content (AvgIpc) is 2.55. The molecule has 0 fully saturated rings. The van der Waals surface area contributed by atoms with Crippen LogP contribution in [0.25, 0.3) is 0 Å². The van der Waals surface area contributed by atoms with Gasteiger partial charge in [0, 0.05) is 5.02 Å². The van der Waals surface area contributed by atoms with Crippen LogP contribution in [0.5, 0.6) is 11.5 Å². The van der Waals surface area contributed by atoms with E-state index >= 15 is 0 Å². The van der Waals surface area contributed by atoms with Gasteiger partial charge in [0.05, 0.1) is 12.6 Å². The quantitative estimate of drug-likeness (QED) is 0.833. The lowest BCUT2D eigenvalue weighted by molar-refractivity contribution is -0.123. The number of benzene rings is 2. The molecule has 122 valence electrons. The molecule has 0 aliphatic rings. The third-order valence-electron chi connectivity index (χ3n) is 3.25. The maximum absolute atomic E-state index is 11.9. The molecule has 23 heavy (non-hydrogen) atoms. The Balaban J connectivity index is 1.81. The predicted octanol–water partition coefficient (Wildman–Crippen LogP) is 3.99. The summed E-state index contributed by atoms with van der Waals surface area (Å²) in [5, 5.41) is 3.56. The van der Waals surface area contributed by atoms with E-state index in [9.17, 15) is 4.79 Å². The van der Waals surface area contributed by atoms with E-state index in [2.05, 4.69) is 5.32 Å². The van der Waals surface area contributed by atoms with E-state index in [1.54, 1.807) is 24.3 Å². The van der Waals surface area contributed by atoms with E-state index < -0.39 is 0 Å². The summed E-state index contributed by atoms with van der Waals surface area (Å²) in [5.74, 6) is 1.23. The van der Waals surface area contributed by atoms with Gasteiger partial charge in [-0.1, -0.05) is 23.7 Å². The second-order valence-corrected chi connectivity index (χ2v) is 5.47. The highest BCUT2D eigenvalue weighted by Gasteiger charge is 2.10. The molecule has 0 aromatic heterocycles. The SMILES string of the molecule is CCOc1ccc(OCC(=O)N[C@@H](C)c2ccc(Cl)cc2)cc1. The van der Waals surface area contributed by atoms with Crippen molar-refractivity contribution < 1.29 is 14.3 Å². The highest BCUT2D eigenvalue weighted by atomic mass is 35.5. The van der Waals surface area contributed by atoms with Crippen molar-refractivity contribution in [2.75, 3.05) is 13.2 Å². The zero-order valence-electron chi connectivity index (χ0n) is 13.2. The molecule has 0 saturated carbocycles. The smallest absolute Gasteiger partial charge is 0.258 e. The van der Waals surface area contributed by atoms with Crippen LogP contribution >= 0.6 is 11.6 Å². The van der Waals surface area contributed by atoms with Crippen LogP contribution in [0, 0.1) is 0 Å². The molecular formula is C18H20ClNO3. The summed E-state index contributed by atoms with van der Waals surface area (Å²) in [6.45, 7) is 4.42. The first kappa shape index (κ1) is 17.2. The Bertz CT molecular complexity index is 626. The first-order valence-corrected chi connectivity index (χ1v) is 7.86. The summed E-state index contributed by atoms with van der Waals surface area (Å²) in [4.78, 5) is 11.9. The number of hydrogen-bond donors (Lipinski definition) is 1. The maximum Gasteiger partial charge on any atom is 0.258 e. The normalized spacial score (nSPS) is 11.6. The van der Waals surface area contributed by atoms with E-state index in [0.29, 0.717) is 17.4 Å². The van der Waals surface area contributed by atoms with Gasteiger partial charge >= 0.3 is 0 Å². The summed E-state index contributed by atoms with van der Waals surface area (Å²) in [6, 6.07) is 14.5. The van der Waals surface area contributed by atoms with Gasteiger partial charge in [-0.05, 0) is 55.8 Å². The van der Waals surface area contributed by atoms with Gasteiger partial charge in [-0.15, -0.1) is 0 Å². The second-order valence-electron chi connectivity index (χ2n) is 5.03. The summed E-state index contributed by atoms with van der Waals surface area (Å²) in [7, 11) is 0. The van der Waals surface area contributed by atoms with Crippen LogP contribution in [-0.4, -0.2) is 19.1 Å². The number of rotatable bonds is 7. The number of amides is 1. The van der Waals surface area contributed by atoms with Crippen LogP contribution in [-0.2, 0) is 4.79 Å². The molecule has 0 spiro atoms. The van der Waals surface area contributed by atoms with Crippen molar-refractivity contribution in [2.24, 2.45) is 0 Å². The zero-order valence-corrected chi connectivity index (χ0v) is 14.0. The summed E-state index contributed by atoms with van der Waals surface area (Å²) >= 11 is 5.85. The maximum atomic E-state index is 11.9. The first-order chi connectivity index (χ1) is 11.1. The predicted molar refractivity (Wildman–Crippen MR) is 91.1 cm³/mol. The van der Waals surface area contributed by atoms with Crippen molar-refractivity contribution in [3.63, 3.8) is 0 Å². The summed E-state index contributed by atoms with van der Waals surface area (Å²) < 4.78 is 10.8. The number of halogens is 1. The molecule has 2 aromatic carbocycles. The van der Waals surface area contributed by atoms with Gasteiger partial charge in [-0.3, -0.25) is 4.79 Å². The molecule has 4 nitrogen and oxygen atoms in total. The van der Waals surface area contributed by atoms with Gasteiger partial charge in [0.15, 0.2) is 6.61 Å². The summed E-state index contributed by atoms with van der Waals surface area (Å²) in [6.07, 6.45) is 0. The zero-order chi connectivity index (χ0) is 16.7. The highest BCUT2D eigenvalue weighted by molar-refractivity contribution is 6.30. The summed E-state index contributed by atoms with van der Waals surface area (Å²) in [5.41, 5.74) is 0.990. The van der Waals surface area contributed by atoms with Crippen molar-refractivity contribution in [1.29, 1.82) is 0 Å². The molecule has 0 radical (unpaired) electrons. The molecule has 0 aliphatic heterocycles. The largest absolute Gasteiger partial charge is 0.494 e. The minimum Gasteiger partial charge on any atom is -0.494 e. The molecule has 1 N–H and O–H groups in total. The van der Waals surface area contributed by atoms with Crippen LogP contribution in [0.1, 0.15) is 25.5 Å². The number of nitrogens with one attached hydrogen (secondary N) is 1. The monoisotopic (exact) mass is 333 g/mol. The van der Waals surface area contributed by atoms with Crippen molar-refractivity contribution in [1.82, 2.24) is 5.32 Å². The van der Waals surface area contributed by atoms with Crippen molar-refractivity contribution >= 4 is 17.5 Å². The van der Waals surface area contributed by atoms with Gasteiger partial charge in [0.1, 0.15) is 11.5 Å². The van der Waals surface area contributed by atoms with Crippen LogP contribution in [0.2, 0.25) is 5.02 Å². The number of carbonyl (C=O) groups is 1. The van der Waals surface area contributed by atoms with Crippen LogP contribution in [0.3, 0.4) is 0 Å². The Morgan fingerprint density at radius 1 is 1.04 bits per heavy atom. The minimum absolute atomic E-state index is 0.0358. The van der Waals surface area contributed by atoms with Gasteiger partial charge in [0.2, 0.25) is 0 Å². The van der Waals surface area contributed by atoms with Crippen molar-refractivity contribution in [3.8, 4) is 11.5 Å². The molecule has 2 rings (SSSR count). The topological polar surface area (TPSA) is 47.6 Å². The van der Waals surface area contributed by atoms with Crippen LogP contribution in [0.4, 0.5) is 0 Å².